The molecule has 0 atom stereocenters. The van der Waals surface area contributed by atoms with Crippen molar-refractivity contribution in [1.82, 2.24) is 9.88 Å². The molecule has 0 saturated heterocycles. The summed E-state index contributed by atoms with van der Waals surface area (Å²) in [5, 5.41) is 0.940. The summed E-state index contributed by atoms with van der Waals surface area (Å²) in [6.45, 7) is 3.77. The lowest BCUT2D eigenvalue weighted by molar-refractivity contribution is 0.101. The molecule has 4 nitrogen and oxygen atoms in total. The van der Waals surface area contributed by atoms with E-state index in [4.69, 9.17) is 4.74 Å². The van der Waals surface area contributed by atoms with Gasteiger partial charge in [0.15, 0.2) is 5.78 Å². The standard InChI is InChI=1S/C22H23FN2O2/c1-15(26)21-13-20(17-5-7-18(23)8-6-17)19-9-4-16(12-22(19)24-21)14-25(2)10-11-27-3/h4-9,12-13H,10-11,14H2,1-3H3. The van der Waals surface area contributed by atoms with Gasteiger partial charge < -0.3 is 4.74 Å². The number of halogens is 1. The maximum Gasteiger partial charge on any atom is 0.178 e. The van der Waals surface area contributed by atoms with Crippen molar-refractivity contribution in [2.75, 3.05) is 27.3 Å². The van der Waals surface area contributed by atoms with Crippen LogP contribution < -0.4 is 0 Å². The Balaban J connectivity index is 2.05. The summed E-state index contributed by atoms with van der Waals surface area (Å²) in [7, 11) is 3.72. The number of carbonyl (C=O) groups is 1. The minimum atomic E-state index is -0.287. The number of hydrogen-bond acceptors (Lipinski definition) is 4. The molecule has 140 valence electrons. The monoisotopic (exact) mass is 366 g/mol. The van der Waals surface area contributed by atoms with Gasteiger partial charge in [0.25, 0.3) is 0 Å². The first kappa shape index (κ1) is 19.1. The number of hydrogen-bond donors (Lipinski definition) is 0. The van der Waals surface area contributed by atoms with Gasteiger partial charge in [-0.05, 0) is 48.0 Å². The highest BCUT2D eigenvalue weighted by atomic mass is 19.1. The lowest BCUT2D eigenvalue weighted by Crippen LogP contribution is -2.22. The normalized spacial score (nSPS) is 11.3. The summed E-state index contributed by atoms with van der Waals surface area (Å²) in [5.41, 5.74) is 4.02. The number of fused-ring (bicyclic) bond motifs is 1. The van der Waals surface area contributed by atoms with Crippen LogP contribution >= 0.6 is 0 Å². The van der Waals surface area contributed by atoms with E-state index in [0.717, 1.165) is 40.7 Å². The molecule has 5 heteroatoms. The van der Waals surface area contributed by atoms with Crippen molar-refractivity contribution >= 4 is 16.7 Å². The minimum Gasteiger partial charge on any atom is -0.383 e. The van der Waals surface area contributed by atoms with Gasteiger partial charge in [-0.25, -0.2) is 9.37 Å². The molecule has 0 amide bonds. The van der Waals surface area contributed by atoms with Gasteiger partial charge in [-0.15, -0.1) is 0 Å². The van der Waals surface area contributed by atoms with E-state index in [1.165, 1.54) is 19.1 Å². The van der Waals surface area contributed by atoms with Crippen molar-refractivity contribution in [2.24, 2.45) is 0 Å². The van der Waals surface area contributed by atoms with Gasteiger partial charge in [-0.3, -0.25) is 9.69 Å². The number of methoxy groups -OCH3 is 1. The van der Waals surface area contributed by atoms with E-state index < -0.39 is 0 Å². The number of pyridine rings is 1. The van der Waals surface area contributed by atoms with Crippen molar-refractivity contribution in [2.45, 2.75) is 13.5 Å². The number of benzene rings is 2. The molecule has 0 radical (unpaired) electrons. The van der Waals surface area contributed by atoms with Gasteiger partial charge >= 0.3 is 0 Å². The van der Waals surface area contributed by atoms with Crippen molar-refractivity contribution in [3.8, 4) is 11.1 Å². The smallest absolute Gasteiger partial charge is 0.178 e. The summed E-state index contributed by atoms with van der Waals surface area (Å²) in [4.78, 5) is 18.7. The van der Waals surface area contributed by atoms with Crippen LogP contribution in [0.2, 0.25) is 0 Å². The molecule has 0 aliphatic heterocycles. The van der Waals surface area contributed by atoms with Crippen LogP contribution in [0.5, 0.6) is 0 Å². The minimum absolute atomic E-state index is 0.0946. The first-order valence-electron chi connectivity index (χ1n) is 8.86. The van der Waals surface area contributed by atoms with E-state index in [1.807, 2.05) is 19.2 Å². The van der Waals surface area contributed by atoms with Crippen LogP contribution in [-0.2, 0) is 11.3 Å². The van der Waals surface area contributed by atoms with Gasteiger partial charge in [0.05, 0.1) is 12.1 Å². The van der Waals surface area contributed by atoms with Gasteiger partial charge in [0, 0.05) is 32.5 Å². The van der Waals surface area contributed by atoms with Crippen molar-refractivity contribution in [3.05, 3.63) is 65.6 Å². The van der Waals surface area contributed by atoms with Crippen LogP contribution in [0.1, 0.15) is 23.0 Å². The average molecular weight is 366 g/mol. The molecule has 0 saturated carbocycles. The molecule has 0 fully saturated rings. The molecule has 3 rings (SSSR count). The zero-order valence-corrected chi connectivity index (χ0v) is 15.8. The summed E-state index contributed by atoms with van der Waals surface area (Å²) < 4.78 is 18.4. The molecule has 0 unspecified atom stereocenters. The number of likely N-dealkylation sites (N-methyl/N-ethyl adjacent to an activating group) is 1. The summed E-state index contributed by atoms with van der Waals surface area (Å²) in [6, 6.07) is 14.2. The van der Waals surface area contributed by atoms with E-state index >= 15 is 0 Å². The topological polar surface area (TPSA) is 42.4 Å². The molecule has 0 N–H and O–H groups in total. The van der Waals surface area contributed by atoms with E-state index in [2.05, 4.69) is 16.0 Å². The summed E-state index contributed by atoms with van der Waals surface area (Å²) >= 11 is 0. The molecule has 3 aromatic rings. The van der Waals surface area contributed by atoms with E-state index in [-0.39, 0.29) is 11.6 Å². The summed E-state index contributed by atoms with van der Waals surface area (Å²) in [5.74, 6) is -0.381. The quantitative estimate of drug-likeness (QED) is 0.584. The predicted octanol–water partition coefficient (Wildman–Crippen LogP) is 4.32. The molecule has 0 aliphatic rings. The fourth-order valence-electron chi connectivity index (χ4n) is 3.06. The first-order chi connectivity index (χ1) is 13.0. The Hall–Kier alpha value is -2.63. The van der Waals surface area contributed by atoms with E-state index in [1.54, 1.807) is 25.3 Å². The Morgan fingerprint density at radius 1 is 1.15 bits per heavy atom. The highest BCUT2D eigenvalue weighted by Gasteiger charge is 2.12. The maximum atomic E-state index is 13.3. The number of ketones is 1. The van der Waals surface area contributed by atoms with Gasteiger partial charge in [-0.2, -0.15) is 0 Å². The van der Waals surface area contributed by atoms with Crippen LogP contribution in [0.3, 0.4) is 0 Å². The van der Waals surface area contributed by atoms with Crippen molar-refractivity contribution < 1.29 is 13.9 Å². The molecule has 27 heavy (non-hydrogen) atoms. The van der Waals surface area contributed by atoms with Crippen molar-refractivity contribution in [1.29, 1.82) is 0 Å². The van der Waals surface area contributed by atoms with Gasteiger partial charge in [0.1, 0.15) is 11.5 Å². The van der Waals surface area contributed by atoms with Crippen LogP contribution in [0.15, 0.2) is 48.5 Å². The lowest BCUT2D eigenvalue weighted by atomic mass is 9.98. The molecule has 0 aliphatic carbocycles. The molecular weight excluding hydrogens is 343 g/mol. The second kappa shape index (κ2) is 8.37. The van der Waals surface area contributed by atoms with E-state index in [0.29, 0.717) is 12.3 Å². The number of Topliss-reactive ketones (excluding diaryl/α,β-unsaturated/α-hetero) is 1. The first-order valence-corrected chi connectivity index (χ1v) is 8.86. The predicted molar refractivity (Wildman–Crippen MR) is 105 cm³/mol. The highest BCUT2D eigenvalue weighted by Crippen LogP contribution is 2.30. The molecule has 2 aromatic carbocycles. The molecular formula is C22H23FN2O2. The van der Waals surface area contributed by atoms with Crippen LogP contribution in [0.25, 0.3) is 22.0 Å². The third kappa shape index (κ3) is 4.56. The van der Waals surface area contributed by atoms with Crippen LogP contribution in [-0.4, -0.2) is 43.0 Å². The largest absolute Gasteiger partial charge is 0.383 e. The molecule has 1 heterocycles. The number of nitrogens with zero attached hydrogens (tertiary/aromatic N) is 2. The Morgan fingerprint density at radius 2 is 1.89 bits per heavy atom. The number of carbonyl (C=O) groups excluding carboxylic acids is 1. The van der Waals surface area contributed by atoms with Crippen LogP contribution in [0, 0.1) is 5.82 Å². The van der Waals surface area contributed by atoms with Gasteiger partial charge in [-0.1, -0.05) is 24.3 Å². The Labute approximate surface area is 158 Å². The zero-order valence-electron chi connectivity index (χ0n) is 15.8. The molecule has 1 aromatic heterocycles. The van der Waals surface area contributed by atoms with Gasteiger partial charge in [0.2, 0.25) is 0 Å². The third-order valence-corrected chi connectivity index (χ3v) is 4.52. The fourth-order valence-corrected chi connectivity index (χ4v) is 3.06. The SMILES string of the molecule is COCCN(C)Cc1ccc2c(-c3ccc(F)cc3)cc(C(C)=O)nc2c1. The van der Waals surface area contributed by atoms with Crippen molar-refractivity contribution in [3.63, 3.8) is 0 Å². The third-order valence-electron chi connectivity index (χ3n) is 4.52. The highest BCUT2D eigenvalue weighted by molar-refractivity contribution is 6.01. The number of aromatic nitrogens is 1. The number of ether oxygens (including phenoxy) is 1. The zero-order chi connectivity index (χ0) is 19.4. The average Bonchev–Trinajstić information content (AvgIpc) is 2.66. The second-order valence-corrected chi connectivity index (χ2v) is 6.70. The lowest BCUT2D eigenvalue weighted by Gasteiger charge is -2.17. The Morgan fingerprint density at radius 3 is 2.56 bits per heavy atom. The Kier molecular flexibility index (Phi) is 5.94. The molecule has 0 bridgehead atoms. The number of rotatable bonds is 7. The summed E-state index contributed by atoms with van der Waals surface area (Å²) in [6.07, 6.45) is 0. The second-order valence-electron chi connectivity index (χ2n) is 6.70. The van der Waals surface area contributed by atoms with E-state index in [9.17, 15) is 9.18 Å². The fraction of sp³-hybridized carbons (Fsp3) is 0.273. The maximum absolute atomic E-state index is 13.3. The van der Waals surface area contributed by atoms with Crippen LogP contribution in [0.4, 0.5) is 4.39 Å². The molecule has 0 spiro atoms. The Bertz CT molecular complexity index is 954.